The molecule has 2 rings (SSSR count). The van der Waals surface area contributed by atoms with Crippen LogP contribution >= 0.6 is 0 Å². The molecule has 1 aromatic heterocycles. The van der Waals surface area contributed by atoms with Gasteiger partial charge in [0.05, 0.1) is 23.5 Å². The summed E-state index contributed by atoms with van der Waals surface area (Å²) < 4.78 is 1.80. The molecule has 5 nitrogen and oxygen atoms in total. The zero-order valence-electron chi connectivity index (χ0n) is 10.2. The molecule has 0 unspecified atom stereocenters. The Morgan fingerprint density at radius 1 is 1.50 bits per heavy atom. The average molecular weight is 242 g/mol. The highest BCUT2D eigenvalue weighted by Gasteiger charge is 2.12. The van der Waals surface area contributed by atoms with Crippen LogP contribution in [0.1, 0.15) is 12.7 Å². The van der Waals surface area contributed by atoms with Crippen LogP contribution in [0.25, 0.3) is 11.0 Å². The molecule has 0 radical (unpaired) electrons. The Morgan fingerprint density at radius 3 is 3.00 bits per heavy atom. The van der Waals surface area contributed by atoms with Gasteiger partial charge in [-0.1, -0.05) is 12.1 Å². The zero-order chi connectivity index (χ0) is 13.0. The van der Waals surface area contributed by atoms with Crippen LogP contribution in [0.4, 0.5) is 0 Å². The zero-order valence-corrected chi connectivity index (χ0v) is 10.2. The molecule has 0 saturated heterocycles. The first kappa shape index (κ1) is 12.1. The van der Waals surface area contributed by atoms with E-state index in [9.17, 15) is 4.79 Å². The number of nitrogens with zero attached hydrogens (tertiary/aromatic N) is 3. The third-order valence-corrected chi connectivity index (χ3v) is 2.65. The van der Waals surface area contributed by atoms with Crippen LogP contribution in [-0.2, 0) is 17.8 Å². The molecule has 92 valence electrons. The van der Waals surface area contributed by atoms with Crippen LogP contribution in [0.15, 0.2) is 24.3 Å². The molecule has 0 aliphatic rings. The molecule has 1 heterocycles. The topological polar surface area (TPSA) is 70.7 Å². The number of likely N-dealkylation sites (N-methyl/N-ethyl adjacent to an activating group) is 1. The summed E-state index contributed by atoms with van der Waals surface area (Å²) in [6.07, 6.45) is 0.202. The summed E-state index contributed by atoms with van der Waals surface area (Å²) in [4.78, 5) is 16.0. The van der Waals surface area contributed by atoms with E-state index in [4.69, 9.17) is 5.26 Å². The minimum Gasteiger partial charge on any atom is -0.355 e. The maximum Gasteiger partial charge on any atom is 0.239 e. The number of amides is 1. The average Bonchev–Trinajstić information content (AvgIpc) is 2.69. The molecule has 0 atom stereocenters. The van der Waals surface area contributed by atoms with Gasteiger partial charge in [0.15, 0.2) is 0 Å². The molecule has 5 heteroatoms. The van der Waals surface area contributed by atoms with Crippen molar-refractivity contribution in [2.45, 2.75) is 19.9 Å². The molecule has 0 bridgehead atoms. The lowest BCUT2D eigenvalue weighted by molar-refractivity contribution is -0.121. The van der Waals surface area contributed by atoms with E-state index in [1.807, 2.05) is 31.2 Å². The smallest absolute Gasteiger partial charge is 0.239 e. The standard InChI is InChI=1S/C13H14N4O/c1-2-15-13(18)9-17-11-6-4-3-5-10(11)16-12(17)7-8-14/h3-6H,2,7,9H2,1H3,(H,15,18). The van der Waals surface area contributed by atoms with E-state index < -0.39 is 0 Å². The number of nitriles is 1. The Bertz CT molecular complexity index is 609. The van der Waals surface area contributed by atoms with Crippen LogP contribution in [0.5, 0.6) is 0 Å². The number of carbonyl (C=O) groups excluding carboxylic acids is 1. The molecule has 1 aromatic carbocycles. The summed E-state index contributed by atoms with van der Waals surface area (Å²) in [6.45, 7) is 2.67. The second-order valence-corrected chi connectivity index (χ2v) is 3.89. The molecule has 0 saturated carbocycles. The van der Waals surface area contributed by atoms with Gasteiger partial charge in [-0.05, 0) is 19.1 Å². The molecule has 1 amide bonds. The van der Waals surface area contributed by atoms with Crippen LogP contribution in [0.2, 0.25) is 0 Å². The number of para-hydroxylation sites is 2. The summed E-state index contributed by atoms with van der Waals surface area (Å²) in [6, 6.07) is 9.65. The minimum absolute atomic E-state index is 0.0696. The Balaban J connectivity index is 2.42. The van der Waals surface area contributed by atoms with Gasteiger partial charge in [-0.2, -0.15) is 5.26 Å². The molecule has 18 heavy (non-hydrogen) atoms. The Kier molecular flexibility index (Phi) is 3.58. The number of rotatable bonds is 4. The van der Waals surface area contributed by atoms with Gasteiger partial charge in [0.1, 0.15) is 12.4 Å². The minimum atomic E-state index is -0.0696. The number of aromatic nitrogens is 2. The van der Waals surface area contributed by atoms with E-state index in [1.54, 1.807) is 4.57 Å². The highest BCUT2D eigenvalue weighted by atomic mass is 16.1. The summed E-state index contributed by atoms with van der Waals surface area (Å²) >= 11 is 0. The van der Waals surface area contributed by atoms with E-state index in [0.29, 0.717) is 12.4 Å². The molecule has 0 spiro atoms. The van der Waals surface area contributed by atoms with Crippen molar-refractivity contribution in [3.63, 3.8) is 0 Å². The highest BCUT2D eigenvalue weighted by Crippen LogP contribution is 2.16. The van der Waals surface area contributed by atoms with Crippen LogP contribution in [0.3, 0.4) is 0 Å². The molecule has 0 fully saturated rings. The van der Waals surface area contributed by atoms with Gasteiger partial charge in [0.25, 0.3) is 0 Å². The van der Waals surface area contributed by atoms with E-state index in [1.165, 1.54) is 0 Å². The molecular weight excluding hydrogens is 228 g/mol. The fourth-order valence-electron chi connectivity index (χ4n) is 1.90. The van der Waals surface area contributed by atoms with Crippen molar-refractivity contribution in [2.75, 3.05) is 6.54 Å². The van der Waals surface area contributed by atoms with E-state index in [0.717, 1.165) is 11.0 Å². The van der Waals surface area contributed by atoms with Gasteiger partial charge in [0, 0.05) is 6.54 Å². The summed E-state index contributed by atoms with van der Waals surface area (Å²) in [5.41, 5.74) is 1.70. The lowest BCUT2D eigenvalue weighted by atomic mass is 10.3. The van der Waals surface area contributed by atoms with Gasteiger partial charge in [-0.15, -0.1) is 0 Å². The molecule has 1 N–H and O–H groups in total. The maximum atomic E-state index is 11.7. The van der Waals surface area contributed by atoms with Crippen LogP contribution < -0.4 is 5.32 Å². The monoisotopic (exact) mass is 242 g/mol. The van der Waals surface area contributed by atoms with Gasteiger partial charge >= 0.3 is 0 Å². The van der Waals surface area contributed by atoms with Gasteiger partial charge in [-0.25, -0.2) is 4.98 Å². The first-order chi connectivity index (χ1) is 8.76. The van der Waals surface area contributed by atoms with Crippen molar-refractivity contribution in [2.24, 2.45) is 0 Å². The Labute approximate surface area is 105 Å². The number of carbonyl (C=O) groups is 1. The SMILES string of the molecule is CCNC(=O)Cn1c(CC#N)nc2ccccc21. The second kappa shape index (κ2) is 5.32. The highest BCUT2D eigenvalue weighted by molar-refractivity contribution is 5.81. The number of fused-ring (bicyclic) bond motifs is 1. The number of hydrogen-bond donors (Lipinski definition) is 1. The van der Waals surface area contributed by atoms with Crippen molar-refractivity contribution in [1.82, 2.24) is 14.9 Å². The van der Waals surface area contributed by atoms with E-state index in [-0.39, 0.29) is 18.9 Å². The summed E-state index contributed by atoms with van der Waals surface area (Å²) in [7, 11) is 0. The van der Waals surface area contributed by atoms with Gasteiger partial charge in [-0.3, -0.25) is 4.79 Å². The molecular formula is C13H14N4O. The van der Waals surface area contributed by atoms with Crippen molar-refractivity contribution in [1.29, 1.82) is 5.26 Å². The quantitative estimate of drug-likeness (QED) is 0.876. The lowest BCUT2D eigenvalue weighted by Crippen LogP contribution is -2.27. The third kappa shape index (κ3) is 2.33. The van der Waals surface area contributed by atoms with Crippen molar-refractivity contribution >= 4 is 16.9 Å². The van der Waals surface area contributed by atoms with Crippen molar-refractivity contribution in [3.05, 3.63) is 30.1 Å². The van der Waals surface area contributed by atoms with Crippen molar-refractivity contribution in [3.8, 4) is 6.07 Å². The van der Waals surface area contributed by atoms with Crippen LogP contribution in [0, 0.1) is 11.3 Å². The van der Waals surface area contributed by atoms with Crippen LogP contribution in [-0.4, -0.2) is 22.0 Å². The molecule has 0 aliphatic heterocycles. The number of imidazole rings is 1. The molecule has 2 aromatic rings. The van der Waals surface area contributed by atoms with Gasteiger partial charge in [0.2, 0.25) is 5.91 Å². The predicted molar refractivity (Wildman–Crippen MR) is 67.7 cm³/mol. The van der Waals surface area contributed by atoms with Gasteiger partial charge < -0.3 is 9.88 Å². The van der Waals surface area contributed by atoms with E-state index in [2.05, 4.69) is 16.4 Å². The Hall–Kier alpha value is -2.35. The lowest BCUT2D eigenvalue weighted by Gasteiger charge is -2.07. The number of benzene rings is 1. The maximum absolute atomic E-state index is 11.7. The molecule has 0 aliphatic carbocycles. The van der Waals surface area contributed by atoms with E-state index >= 15 is 0 Å². The largest absolute Gasteiger partial charge is 0.355 e. The third-order valence-electron chi connectivity index (χ3n) is 2.65. The summed E-state index contributed by atoms with van der Waals surface area (Å²) in [5, 5.41) is 11.6. The first-order valence-corrected chi connectivity index (χ1v) is 5.84. The number of hydrogen-bond acceptors (Lipinski definition) is 3. The number of nitrogens with one attached hydrogen (secondary N) is 1. The fraction of sp³-hybridized carbons (Fsp3) is 0.308. The Morgan fingerprint density at radius 2 is 2.28 bits per heavy atom. The fourth-order valence-corrected chi connectivity index (χ4v) is 1.90. The normalized spacial score (nSPS) is 10.2. The summed E-state index contributed by atoms with van der Waals surface area (Å²) in [5.74, 6) is 0.560. The first-order valence-electron chi connectivity index (χ1n) is 5.84. The van der Waals surface area contributed by atoms with Crippen molar-refractivity contribution < 1.29 is 4.79 Å². The predicted octanol–water partition coefficient (Wildman–Crippen LogP) is 1.24. The second-order valence-electron chi connectivity index (χ2n) is 3.89.